The molecule has 6 nitrogen and oxygen atoms in total. The zero-order valence-electron chi connectivity index (χ0n) is 11.8. The maximum Gasteiger partial charge on any atom is 0.321 e. The monoisotopic (exact) mass is 297 g/mol. The number of carbonyl (C=O) groups is 2. The minimum atomic E-state index is -0.264. The van der Waals surface area contributed by atoms with Crippen LogP contribution in [0, 0.1) is 0 Å². The van der Waals surface area contributed by atoms with Crippen molar-refractivity contribution in [3.63, 3.8) is 0 Å². The van der Waals surface area contributed by atoms with Crippen LogP contribution in [-0.4, -0.2) is 25.0 Å². The van der Waals surface area contributed by atoms with Gasteiger partial charge in [0.05, 0.1) is 6.26 Å². The first-order chi connectivity index (χ1) is 10.7. The van der Waals surface area contributed by atoms with E-state index in [0.29, 0.717) is 24.5 Å². The van der Waals surface area contributed by atoms with Crippen molar-refractivity contribution in [2.45, 2.75) is 0 Å². The summed E-state index contributed by atoms with van der Waals surface area (Å²) >= 11 is 0. The standard InChI is InChI=1S/C16H15N3O3/c20-15(7-6-14-5-2-10-22-14)18-12-3-1-4-13(11-12)19-9-8-17-16(19)21/h1-7,10-11H,8-9H2,(H,17,21)(H,18,20)/b7-6+. The molecule has 0 saturated carbocycles. The fraction of sp³-hybridized carbons (Fsp3) is 0.125. The van der Waals surface area contributed by atoms with Gasteiger partial charge in [-0.1, -0.05) is 6.07 Å². The third-order valence-electron chi connectivity index (χ3n) is 3.22. The van der Waals surface area contributed by atoms with E-state index in [0.717, 1.165) is 5.69 Å². The molecule has 3 rings (SSSR count). The molecule has 6 heteroatoms. The number of carbonyl (C=O) groups excluding carboxylic acids is 2. The van der Waals surface area contributed by atoms with E-state index in [1.807, 2.05) is 6.07 Å². The third kappa shape index (κ3) is 3.17. The van der Waals surface area contributed by atoms with Gasteiger partial charge in [-0.2, -0.15) is 0 Å². The minimum Gasteiger partial charge on any atom is -0.465 e. The Kier molecular flexibility index (Phi) is 3.91. The fourth-order valence-corrected chi connectivity index (χ4v) is 2.20. The van der Waals surface area contributed by atoms with Gasteiger partial charge in [0.15, 0.2) is 0 Å². The number of benzene rings is 1. The number of anilines is 2. The van der Waals surface area contributed by atoms with E-state index in [-0.39, 0.29) is 11.9 Å². The zero-order chi connectivity index (χ0) is 15.4. The smallest absolute Gasteiger partial charge is 0.321 e. The predicted molar refractivity (Wildman–Crippen MR) is 83.6 cm³/mol. The first-order valence-corrected chi connectivity index (χ1v) is 6.90. The van der Waals surface area contributed by atoms with Gasteiger partial charge in [0.25, 0.3) is 0 Å². The Morgan fingerprint density at radius 1 is 1.32 bits per heavy atom. The molecule has 1 fully saturated rings. The number of hydrogen-bond acceptors (Lipinski definition) is 3. The second kappa shape index (κ2) is 6.17. The molecule has 2 aromatic rings. The maximum absolute atomic E-state index is 11.9. The van der Waals surface area contributed by atoms with Gasteiger partial charge in [0.1, 0.15) is 5.76 Å². The van der Waals surface area contributed by atoms with E-state index in [9.17, 15) is 9.59 Å². The van der Waals surface area contributed by atoms with Crippen molar-refractivity contribution in [3.8, 4) is 0 Å². The summed E-state index contributed by atoms with van der Waals surface area (Å²) in [5, 5.41) is 5.50. The van der Waals surface area contributed by atoms with Gasteiger partial charge in [-0.15, -0.1) is 0 Å². The Morgan fingerprint density at radius 3 is 2.95 bits per heavy atom. The van der Waals surface area contributed by atoms with Crippen molar-refractivity contribution in [3.05, 3.63) is 54.5 Å². The van der Waals surface area contributed by atoms with E-state index in [1.54, 1.807) is 47.6 Å². The summed E-state index contributed by atoms with van der Waals surface area (Å²) in [6, 6.07) is 10.6. The first-order valence-electron chi connectivity index (χ1n) is 6.90. The maximum atomic E-state index is 11.9. The molecule has 112 valence electrons. The molecule has 0 radical (unpaired) electrons. The second-order valence-electron chi connectivity index (χ2n) is 4.77. The molecule has 0 bridgehead atoms. The van der Waals surface area contributed by atoms with Crippen LogP contribution in [0.5, 0.6) is 0 Å². The van der Waals surface area contributed by atoms with Crippen LogP contribution in [0.15, 0.2) is 53.2 Å². The Bertz CT molecular complexity index is 707. The van der Waals surface area contributed by atoms with Crippen LogP contribution in [0.25, 0.3) is 6.08 Å². The lowest BCUT2D eigenvalue weighted by Gasteiger charge is -2.15. The highest BCUT2D eigenvalue weighted by Crippen LogP contribution is 2.21. The first kappa shape index (κ1) is 13.9. The van der Waals surface area contributed by atoms with E-state index in [2.05, 4.69) is 10.6 Å². The van der Waals surface area contributed by atoms with E-state index >= 15 is 0 Å². The molecule has 1 aliphatic heterocycles. The van der Waals surface area contributed by atoms with Gasteiger partial charge in [-0.3, -0.25) is 9.69 Å². The minimum absolute atomic E-state index is 0.124. The summed E-state index contributed by atoms with van der Waals surface area (Å²) < 4.78 is 5.11. The molecule has 2 heterocycles. The SMILES string of the molecule is O=C(/C=C/c1ccco1)Nc1cccc(N2CCNC2=O)c1. The van der Waals surface area contributed by atoms with Crippen LogP contribution in [0.3, 0.4) is 0 Å². The number of furan rings is 1. The highest BCUT2D eigenvalue weighted by atomic mass is 16.3. The van der Waals surface area contributed by atoms with Gasteiger partial charge in [-0.05, 0) is 36.4 Å². The lowest BCUT2D eigenvalue weighted by Crippen LogP contribution is -2.27. The number of urea groups is 1. The van der Waals surface area contributed by atoms with E-state index in [4.69, 9.17) is 4.42 Å². The molecule has 3 amide bonds. The summed E-state index contributed by atoms with van der Waals surface area (Å²) in [4.78, 5) is 25.2. The molecular formula is C16H15N3O3. The Labute approximate surface area is 127 Å². The van der Waals surface area contributed by atoms with Crippen molar-refractivity contribution in [1.29, 1.82) is 0 Å². The van der Waals surface area contributed by atoms with Gasteiger partial charge in [0, 0.05) is 30.5 Å². The highest BCUT2D eigenvalue weighted by molar-refractivity contribution is 6.02. The number of nitrogens with one attached hydrogen (secondary N) is 2. The molecule has 1 saturated heterocycles. The molecule has 0 spiro atoms. The number of hydrogen-bond donors (Lipinski definition) is 2. The molecule has 0 aliphatic carbocycles. The highest BCUT2D eigenvalue weighted by Gasteiger charge is 2.21. The van der Waals surface area contributed by atoms with Crippen molar-refractivity contribution >= 4 is 29.4 Å². The van der Waals surface area contributed by atoms with Gasteiger partial charge >= 0.3 is 6.03 Å². The fourth-order valence-electron chi connectivity index (χ4n) is 2.20. The van der Waals surface area contributed by atoms with Crippen LogP contribution in [0.1, 0.15) is 5.76 Å². The lowest BCUT2D eigenvalue weighted by molar-refractivity contribution is -0.111. The largest absolute Gasteiger partial charge is 0.465 e. The number of rotatable bonds is 4. The lowest BCUT2D eigenvalue weighted by atomic mass is 10.2. The predicted octanol–water partition coefficient (Wildman–Crippen LogP) is 2.46. The van der Waals surface area contributed by atoms with Crippen molar-refractivity contribution in [2.24, 2.45) is 0 Å². The Balaban J connectivity index is 1.67. The molecule has 22 heavy (non-hydrogen) atoms. The summed E-state index contributed by atoms with van der Waals surface area (Å²) in [6.07, 6.45) is 4.53. The topological polar surface area (TPSA) is 74.6 Å². The zero-order valence-corrected chi connectivity index (χ0v) is 11.8. The molecule has 2 N–H and O–H groups in total. The molecule has 0 unspecified atom stereocenters. The third-order valence-corrected chi connectivity index (χ3v) is 3.22. The van der Waals surface area contributed by atoms with Gasteiger partial charge in [0.2, 0.25) is 5.91 Å². The summed E-state index contributed by atoms with van der Waals surface area (Å²) in [6.45, 7) is 1.25. The molecule has 1 aromatic heterocycles. The molecular weight excluding hydrogens is 282 g/mol. The van der Waals surface area contributed by atoms with Crippen molar-refractivity contribution in [1.82, 2.24) is 5.32 Å². The summed E-state index contributed by atoms with van der Waals surface area (Å²) in [5.41, 5.74) is 1.38. The summed E-state index contributed by atoms with van der Waals surface area (Å²) in [7, 11) is 0. The molecule has 1 aliphatic rings. The van der Waals surface area contributed by atoms with E-state index in [1.165, 1.54) is 6.08 Å². The van der Waals surface area contributed by atoms with E-state index < -0.39 is 0 Å². The van der Waals surface area contributed by atoms with Crippen molar-refractivity contribution in [2.75, 3.05) is 23.3 Å². The van der Waals surface area contributed by atoms with Crippen LogP contribution in [0.4, 0.5) is 16.2 Å². The Morgan fingerprint density at radius 2 is 2.23 bits per heavy atom. The average molecular weight is 297 g/mol. The number of nitrogens with zero attached hydrogens (tertiary/aromatic N) is 1. The van der Waals surface area contributed by atoms with Crippen molar-refractivity contribution < 1.29 is 14.0 Å². The van der Waals surface area contributed by atoms with Gasteiger partial charge in [-0.25, -0.2) is 4.79 Å². The summed E-state index contributed by atoms with van der Waals surface area (Å²) in [5.74, 6) is 0.345. The van der Waals surface area contributed by atoms with Crippen LogP contribution in [-0.2, 0) is 4.79 Å². The van der Waals surface area contributed by atoms with Crippen LogP contribution >= 0.6 is 0 Å². The average Bonchev–Trinajstić information content (AvgIpc) is 3.16. The normalized spacial score (nSPS) is 14.4. The number of amides is 3. The second-order valence-corrected chi connectivity index (χ2v) is 4.77. The quantitative estimate of drug-likeness (QED) is 0.851. The Hall–Kier alpha value is -3.02. The van der Waals surface area contributed by atoms with Crippen LogP contribution < -0.4 is 15.5 Å². The van der Waals surface area contributed by atoms with Crippen LogP contribution in [0.2, 0.25) is 0 Å². The molecule has 1 aromatic carbocycles. The molecule has 0 atom stereocenters. The van der Waals surface area contributed by atoms with Gasteiger partial charge < -0.3 is 15.1 Å².